The lowest BCUT2D eigenvalue weighted by atomic mass is 10.2. The average molecular weight is 249 g/mol. The summed E-state index contributed by atoms with van der Waals surface area (Å²) in [5.74, 6) is 0.650. The smallest absolute Gasteiger partial charge is 0.0897 e. The van der Waals surface area contributed by atoms with Gasteiger partial charge in [-0.25, -0.2) is 4.98 Å². The number of hydrogen-bond acceptors (Lipinski definition) is 4. The van der Waals surface area contributed by atoms with Gasteiger partial charge in [-0.2, -0.15) is 0 Å². The van der Waals surface area contributed by atoms with Crippen LogP contribution in [0.2, 0.25) is 0 Å². The standard InChI is InChI=1S/C10H17ClN2OS/c1-8-13-10(7-15-8)5-12-9(3-4-11)6-14-2/h7,9,12H,3-6H2,1-2H3. The summed E-state index contributed by atoms with van der Waals surface area (Å²) in [6, 6.07) is 0.314. The zero-order chi connectivity index (χ0) is 11.1. The van der Waals surface area contributed by atoms with Crippen molar-refractivity contribution in [3.05, 3.63) is 16.1 Å². The lowest BCUT2D eigenvalue weighted by molar-refractivity contribution is 0.164. The van der Waals surface area contributed by atoms with Crippen molar-refractivity contribution in [3.8, 4) is 0 Å². The summed E-state index contributed by atoms with van der Waals surface area (Å²) in [5, 5.41) is 6.57. The molecule has 1 N–H and O–H groups in total. The highest BCUT2D eigenvalue weighted by Gasteiger charge is 2.07. The van der Waals surface area contributed by atoms with Gasteiger partial charge in [-0.15, -0.1) is 22.9 Å². The molecule has 0 bridgehead atoms. The average Bonchev–Trinajstić information content (AvgIpc) is 2.61. The molecule has 1 heterocycles. The molecule has 1 rings (SSSR count). The molecule has 0 radical (unpaired) electrons. The molecular weight excluding hydrogens is 232 g/mol. The van der Waals surface area contributed by atoms with Gasteiger partial charge in [-0.1, -0.05) is 0 Å². The maximum Gasteiger partial charge on any atom is 0.0897 e. The summed E-state index contributed by atoms with van der Waals surface area (Å²) in [4.78, 5) is 4.39. The Labute approximate surface area is 99.8 Å². The molecule has 0 aromatic carbocycles. The first-order valence-corrected chi connectivity index (χ1v) is 6.37. The van der Waals surface area contributed by atoms with Crippen molar-refractivity contribution < 1.29 is 4.74 Å². The molecule has 86 valence electrons. The highest BCUT2D eigenvalue weighted by molar-refractivity contribution is 7.09. The molecule has 1 aromatic rings. The number of hydrogen-bond donors (Lipinski definition) is 1. The second kappa shape index (κ2) is 7.17. The molecule has 0 aliphatic rings. The third-order valence-electron chi connectivity index (χ3n) is 2.06. The van der Waals surface area contributed by atoms with Crippen LogP contribution in [0.15, 0.2) is 5.38 Å². The van der Waals surface area contributed by atoms with Crippen LogP contribution in [-0.2, 0) is 11.3 Å². The van der Waals surface area contributed by atoms with Gasteiger partial charge in [0, 0.05) is 31.0 Å². The van der Waals surface area contributed by atoms with E-state index in [0.29, 0.717) is 18.5 Å². The van der Waals surface area contributed by atoms with Gasteiger partial charge in [-0.3, -0.25) is 0 Å². The minimum atomic E-state index is 0.314. The number of aryl methyl sites for hydroxylation is 1. The lowest BCUT2D eigenvalue weighted by Gasteiger charge is -2.15. The van der Waals surface area contributed by atoms with Crippen molar-refractivity contribution >= 4 is 22.9 Å². The number of nitrogens with one attached hydrogen (secondary N) is 1. The third-order valence-corrected chi connectivity index (χ3v) is 3.10. The van der Waals surface area contributed by atoms with Crippen molar-refractivity contribution in [3.63, 3.8) is 0 Å². The van der Waals surface area contributed by atoms with Gasteiger partial charge in [0.2, 0.25) is 0 Å². The van der Waals surface area contributed by atoms with Crippen LogP contribution in [0.5, 0.6) is 0 Å². The van der Waals surface area contributed by atoms with Gasteiger partial charge in [0.05, 0.1) is 17.3 Å². The Morgan fingerprint density at radius 2 is 2.47 bits per heavy atom. The largest absolute Gasteiger partial charge is 0.383 e. The number of rotatable bonds is 7. The molecule has 15 heavy (non-hydrogen) atoms. The van der Waals surface area contributed by atoms with E-state index in [1.54, 1.807) is 18.4 Å². The van der Waals surface area contributed by atoms with E-state index in [0.717, 1.165) is 23.7 Å². The van der Waals surface area contributed by atoms with E-state index >= 15 is 0 Å². The first-order valence-electron chi connectivity index (χ1n) is 4.95. The monoisotopic (exact) mass is 248 g/mol. The molecule has 0 amide bonds. The topological polar surface area (TPSA) is 34.1 Å². The van der Waals surface area contributed by atoms with Crippen LogP contribution < -0.4 is 5.32 Å². The van der Waals surface area contributed by atoms with E-state index in [9.17, 15) is 0 Å². The van der Waals surface area contributed by atoms with Gasteiger partial charge in [0.15, 0.2) is 0 Å². The minimum Gasteiger partial charge on any atom is -0.383 e. The maximum atomic E-state index is 5.71. The van der Waals surface area contributed by atoms with Gasteiger partial charge in [0.1, 0.15) is 0 Å². The van der Waals surface area contributed by atoms with E-state index in [4.69, 9.17) is 16.3 Å². The molecule has 1 unspecified atom stereocenters. The normalized spacial score (nSPS) is 13.0. The predicted molar refractivity (Wildman–Crippen MR) is 64.7 cm³/mol. The number of thiazole rings is 1. The molecule has 5 heteroatoms. The van der Waals surface area contributed by atoms with Crippen LogP contribution >= 0.6 is 22.9 Å². The number of nitrogens with zero attached hydrogens (tertiary/aromatic N) is 1. The summed E-state index contributed by atoms with van der Waals surface area (Å²) in [7, 11) is 1.70. The fraction of sp³-hybridized carbons (Fsp3) is 0.700. The Morgan fingerprint density at radius 1 is 1.67 bits per heavy atom. The predicted octanol–water partition coefficient (Wildman–Crippen LogP) is 2.19. The highest BCUT2D eigenvalue weighted by Crippen LogP contribution is 2.08. The zero-order valence-corrected chi connectivity index (χ0v) is 10.7. The van der Waals surface area contributed by atoms with E-state index in [2.05, 4.69) is 15.7 Å². The van der Waals surface area contributed by atoms with Crippen molar-refractivity contribution in [2.75, 3.05) is 19.6 Å². The quantitative estimate of drug-likeness (QED) is 0.752. The first kappa shape index (κ1) is 12.9. The lowest BCUT2D eigenvalue weighted by Crippen LogP contribution is -2.33. The molecule has 3 nitrogen and oxygen atoms in total. The van der Waals surface area contributed by atoms with E-state index in [1.165, 1.54) is 0 Å². The van der Waals surface area contributed by atoms with Crippen LogP contribution in [-0.4, -0.2) is 30.6 Å². The van der Waals surface area contributed by atoms with Gasteiger partial charge in [-0.05, 0) is 13.3 Å². The fourth-order valence-corrected chi connectivity index (χ4v) is 2.19. The van der Waals surface area contributed by atoms with Crippen molar-refractivity contribution in [2.45, 2.75) is 25.9 Å². The second-order valence-electron chi connectivity index (χ2n) is 3.37. The maximum absolute atomic E-state index is 5.71. The Morgan fingerprint density at radius 3 is 3.00 bits per heavy atom. The van der Waals surface area contributed by atoms with Gasteiger partial charge in [0.25, 0.3) is 0 Å². The van der Waals surface area contributed by atoms with Crippen LogP contribution in [0.25, 0.3) is 0 Å². The number of ether oxygens (including phenoxy) is 1. The van der Waals surface area contributed by atoms with Crippen molar-refractivity contribution in [2.24, 2.45) is 0 Å². The number of alkyl halides is 1. The summed E-state index contributed by atoms with van der Waals surface area (Å²) >= 11 is 7.38. The Kier molecular flexibility index (Phi) is 6.17. The number of halogens is 1. The van der Waals surface area contributed by atoms with Crippen molar-refractivity contribution in [1.82, 2.24) is 10.3 Å². The van der Waals surface area contributed by atoms with Gasteiger partial charge < -0.3 is 10.1 Å². The van der Waals surface area contributed by atoms with E-state index < -0.39 is 0 Å². The van der Waals surface area contributed by atoms with Crippen molar-refractivity contribution in [1.29, 1.82) is 0 Å². The SMILES string of the molecule is COCC(CCCl)NCc1csc(C)n1. The molecule has 0 fully saturated rings. The van der Waals surface area contributed by atoms with Crippen LogP contribution in [0, 0.1) is 6.92 Å². The summed E-state index contributed by atoms with van der Waals surface area (Å²) in [6.07, 6.45) is 0.915. The Bertz CT molecular complexity index is 274. The van der Waals surface area contributed by atoms with E-state index in [-0.39, 0.29) is 0 Å². The Hall–Kier alpha value is -0.160. The van der Waals surface area contributed by atoms with Crippen LogP contribution in [0.1, 0.15) is 17.1 Å². The number of methoxy groups -OCH3 is 1. The van der Waals surface area contributed by atoms with Gasteiger partial charge >= 0.3 is 0 Å². The molecule has 0 spiro atoms. The minimum absolute atomic E-state index is 0.314. The van der Waals surface area contributed by atoms with Crippen LogP contribution in [0.4, 0.5) is 0 Å². The second-order valence-corrected chi connectivity index (χ2v) is 4.81. The third kappa shape index (κ3) is 4.93. The summed E-state index contributed by atoms with van der Waals surface area (Å²) < 4.78 is 5.11. The zero-order valence-electron chi connectivity index (χ0n) is 9.12. The summed E-state index contributed by atoms with van der Waals surface area (Å²) in [6.45, 7) is 3.49. The molecule has 0 saturated heterocycles. The molecule has 0 aliphatic heterocycles. The van der Waals surface area contributed by atoms with Crippen LogP contribution in [0.3, 0.4) is 0 Å². The molecule has 0 saturated carbocycles. The molecule has 0 aliphatic carbocycles. The molecular formula is C10H17ClN2OS. The van der Waals surface area contributed by atoms with E-state index in [1.807, 2.05) is 6.92 Å². The highest BCUT2D eigenvalue weighted by atomic mass is 35.5. The number of aromatic nitrogens is 1. The Balaban J connectivity index is 2.32. The molecule has 1 atom stereocenters. The molecule has 1 aromatic heterocycles. The fourth-order valence-electron chi connectivity index (χ4n) is 1.32. The first-order chi connectivity index (χ1) is 7.26. The summed E-state index contributed by atoms with van der Waals surface area (Å²) in [5.41, 5.74) is 1.09.